The van der Waals surface area contributed by atoms with Gasteiger partial charge in [0.25, 0.3) is 0 Å². The summed E-state index contributed by atoms with van der Waals surface area (Å²) in [5, 5.41) is 12.2. The maximum Gasteiger partial charge on any atom is 0.407 e. The molecule has 1 saturated heterocycles. The molecule has 2 aliphatic carbocycles. The van der Waals surface area contributed by atoms with Crippen LogP contribution in [0.4, 0.5) is 4.79 Å². The third-order valence-electron chi connectivity index (χ3n) is 7.11. The molecule has 2 aromatic carbocycles. The molecular weight excluding hydrogens is 408 g/mol. The number of carboxylic acid groups (broad SMARTS) is 1. The highest BCUT2D eigenvalue weighted by Gasteiger charge is 2.66. The first-order valence-electron chi connectivity index (χ1n) is 11.1. The van der Waals surface area contributed by atoms with E-state index in [1.807, 2.05) is 24.3 Å². The highest BCUT2D eigenvalue weighted by Crippen LogP contribution is 2.54. The zero-order valence-corrected chi connectivity index (χ0v) is 17.8. The van der Waals surface area contributed by atoms with Crippen LogP contribution in [0.2, 0.25) is 0 Å². The fourth-order valence-electron chi connectivity index (χ4n) is 5.46. The summed E-state index contributed by atoms with van der Waals surface area (Å²) in [6.45, 7) is 0.794. The van der Waals surface area contributed by atoms with Crippen LogP contribution in [0.5, 0.6) is 0 Å². The van der Waals surface area contributed by atoms with Gasteiger partial charge in [-0.3, -0.25) is 4.79 Å². The Balaban J connectivity index is 1.14. The lowest BCUT2D eigenvalue weighted by Gasteiger charge is -2.33. The second-order valence-electron chi connectivity index (χ2n) is 8.82. The van der Waals surface area contributed by atoms with E-state index in [1.165, 1.54) is 4.90 Å². The number of ether oxygens (including phenoxy) is 1. The average Bonchev–Trinajstić information content (AvgIpc) is 3.49. The number of likely N-dealkylation sites (tertiary alicyclic amines) is 1. The lowest BCUT2D eigenvalue weighted by molar-refractivity contribution is -0.154. The van der Waals surface area contributed by atoms with E-state index in [2.05, 4.69) is 29.6 Å². The van der Waals surface area contributed by atoms with Gasteiger partial charge in [0.1, 0.15) is 12.1 Å². The number of hydrogen-bond donors (Lipinski definition) is 2. The molecule has 0 unspecified atom stereocenters. The molecule has 3 aliphatic rings. The smallest absolute Gasteiger partial charge is 0.407 e. The second-order valence-corrected chi connectivity index (χ2v) is 8.82. The van der Waals surface area contributed by atoms with Gasteiger partial charge in [0.05, 0.1) is 0 Å². The Morgan fingerprint density at radius 2 is 1.72 bits per heavy atom. The quantitative estimate of drug-likeness (QED) is 0.727. The zero-order chi connectivity index (χ0) is 22.3. The number of aliphatic carboxylic acids is 1. The van der Waals surface area contributed by atoms with Crippen molar-refractivity contribution in [3.63, 3.8) is 0 Å². The van der Waals surface area contributed by atoms with Gasteiger partial charge >= 0.3 is 12.1 Å². The lowest BCUT2D eigenvalue weighted by Crippen LogP contribution is -2.51. The molecule has 7 nitrogen and oxygen atoms in total. The average molecular weight is 434 g/mol. The molecule has 1 saturated carbocycles. The number of amides is 2. The first-order chi connectivity index (χ1) is 15.5. The fourth-order valence-corrected chi connectivity index (χ4v) is 5.46. The van der Waals surface area contributed by atoms with Crippen molar-refractivity contribution in [2.24, 2.45) is 5.92 Å². The highest BCUT2D eigenvalue weighted by atomic mass is 16.5. The third kappa shape index (κ3) is 3.32. The van der Waals surface area contributed by atoms with Crippen LogP contribution in [-0.2, 0) is 14.3 Å². The van der Waals surface area contributed by atoms with Crippen molar-refractivity contribution in [3.05, 3.63) is 59.7 Å². The van der Waals surface area contributed by atoms with E-state index in [9.17, 15) is 19.5 Å². The summed E-state index contributed by atoms with van der Waals surface area (Å²) in [6, 6.07) is 16.2. The SMILES string of the molecule is O=C(NCCC(=O)N1CCC[C@@H]2C[C@@]21C(=O)O)OCC1c2ccccc2-c2ccccc21. The number of piperidine rings is 1. The number of carbonyl (C=O) groups excluding carboxylic acids is 2. The Morgan fingerprint density at radius 1 is 1.06 bits per heavy atom. The van der Waals surface area contributed by atoms with Crippen LogP contribution in [0.1, 0.15) is 42.7 Å². The number of nitrogens with zero attached hydrogens (tertiary/aromatic N) is 1. The van der Waals surface area contributed by atoms with Crippen LogP contribution >= 0.6 is 0 Å². The van der Waals surface area contributed by atoms with Gasteiger partial charge in [-0.05, 0) is 47.4 Å². The largest absolute Gasteiger partial charge is 0.479 e. The Morgan fingerprint density at radius 3 is 2.38 bits per heavy atom. The van der Waals surface area contributed by atoms with Gasteiger partial charge in [0, 0.05) is 25.4 Å². The van der Waals surface area contributed by atoms with Gasteiger partial charge in [-0.25, -0.2) is 9.59 Å². The zero-order valence-electron chi connectivity index (χ0n) is 17.8. The van der Waals surface area contributed by atoms with Crippen molar-refractivity contribution in [2.45, 2.75) is 37.1 Å². The third-order valence-corrected chi connectivity index (χ3v) is 7.11. The van der Waals surface area contributed by atoms with E-state index in [1.54, 1.807) is 0 Å². The highest BCUT2D eigenvalue weighted by molar-refractivity contribution is 5.91. The van der Waals surface area contributed by atoms with E-state index in [4.69, 9.17) is 4.74 Å². The molecule has 2 atom stereocenters. The predicted molar refractivity (Wildman–Crippen MR) is 117 cm³/mol. The minimum Gasteiger partial charge on any atom is -0.479 e. The second kappa shape index (κ2) is 7.97. The van der Waals surface area contributed by atoms with Gasteiger partial charge in [0.15, 0.2) is 0 Å². The molecule has 2 amide bonds. The monoisotopic (exact) mass is 434 g/mol. The standard InChI is InChI=1S/C25H26N2O5/c28-22(27-13-5-6-16-14-25(16,27)23(29)30)11-12-26-24(31)32-15-21-19-9-3-1-7-17(19)18-8-2-4-10-20(18)21/h1-4,7-10,16,21H,5-6,11-15H2,(H,26,31)(H,29,30)/t16-,25+/m1/s1. The summed E-state index contributed by atoms with van der Waals surface area (Å²) in [4.78, 5) is 38.1. The number of alkyl carbamates (subject to hydrolysis) is 1. The Labute approximate surface area is 186 Å². The van der Waals surface area contributed by atoms with Crippen LogP contribution in [-0.4, -0.2) is 53.2 Å². The molecule has 2 fully saturated rings. The summed E-state index contributed by atoms with van der Waals surface area (Å²) < 4.78 is 5.49. The number of fused-ring (bicyclic) bond motifs is 4. The van der Waals surface area contributed by atoms with Crippen molar-refractivity contribution in [2.75, 3.05) is 19.7 Å². The Hall–Kier alpha value is -3.35. The van der Waals surface area contributed by atoms with Crippen molar-refractivity contribution >= 4 is 18.0 Å². The number of rotatable bonds is 6. The van der Waals surface area contributed by atoms with Gasteiger partial charge in [-0.15, -0.1) is 0 Å². The molecule has 1 aliphatic heterocycles. The van der Waals surface area contributed by atoms with Gasteiger partial charge in [-0.2, -0.15) is 0 Å². The van der Waals surface area contributed by atoms with Gasteiger partial charge in [-0.1, -0.05) is 48.5 Å². The lowest BCUT2D eigenvalue weighted by atomic mass is 9.98. The summed E-state index contributed by atoms with van der Waals surface area (Å²) in [7, 11) is 0. The van der Waals surface area contributed by atoms with E-state index in [0.717, 1.165) is 35.1 Å². The molecule has 0 spiro atoms. The van der Waals surface area contributed by atoms with Crippen molar-refractivity contribution in [1.29, 1.82) is 0 Å². The molecule has 0 bridgehead atoms. The molecule has 166 valence electrons. The molecule has 5 rings (SSSR count). The molecule has 1 heterocycles. The fraction of sp³-hybridized carbons (Fsp3) is 0.400. The van der Waals surface area contributed by atoms with Gasteiger partial charge in [0.2, 0.25) is 5.91 Å². The molecule has 7 heteroatoms. The van der Waals surface area contributed by atoms with E-state index in [0.29, 0.717) is 13.0 Å². The number of carboxylic acids is 1. The Kier molecular flexibility index (Phi) is 5.12. The van der Waals surface area contributed by atoms with E-state index in [-0.39, 0.29) is 37.3 Å². The van der Waals surface area contributed by atoms with Crippen LogP contribution in [0, 0.1) is 5.92 Å². The Bertz CT molecular complexity index is 1040. The topological polar surface area (TPSA) is 95.9 Å². The minimum absolute atomic E-state index is 0.0228. The number of hydrogen-bond acceptors (Lipinski definition) is 4. The predicted octanol–water partition coefficient (Wildman–Crippen LogP) is 3.38. The van der Waals surface area contributed by atoms with E-state index >= 15 is 0 Å². The maximum absolute atomic E-state index is 12.6. The van der Waals surface area contributed by atoms with Crippen LogP contribution in [0.25, 0.3) is 11.1 Å². The summed E-state index contributed by atoms with van der Waals surface area (Å²) in [5.74, 6) is -1.10. The number of benzene rings is 2. The van der Waals surface area contributed by atoms with Crippen LogP contribution < -0.4 is 5.32 Å². The molecule has 2 N–H and O–H groups in total. The maximum atomic E-state index is 12.6. The van der Waals surface area contributed by atoms with Crippen molar-refractivity contribution in [1.82, 2.24) is 10.2 Å². The first kappa shape index (κ1) is 20.5. The first-order valence-corrected chi connectivity index (χ1v) is 11.1. The van der Waals surface area contributed by atoms with E-state index < -0.39 is 17.6 Å². The molecule has 0 radical (unpaired) electrons. The normalized spacial score (nSPS) is 23.0. The van der Waals surface area contributed by atoms with Crippen LogP contribution in [0.3, 0.4) is 0 Å². The van der Waals surface area contributed by atoms with Crippen molar-refractivity contribution < 1.29 is 24.2 Å². The summed E-state index contributed by atoms with van der Waals surface area (Å²) in [6.07, 6.45) is 1.70. The number of nitrogens with one attached hydrogen (secondary N) is 1. The molecular formula is C25H26N2O5. The minimum atomic E-state index is -1.01. The summed E-state index contributed by atoms with van der Waals surface area (Å²) >= 11 is 0. The molecule has 0 aromatic heterocycles. The van der Waals surface area contributed by atoms with Crippen LogP contribution in [0.15, 0.2) is 48.5 Å². The molecule has 2 aromatic rings. The van der Waals surface area contributed by atoms with Crippen molar-refractivity contribution in [3.8, 4) is 11.1 Å². The van der Waals surface area contributed by atoms with Gasteiger partial charge < -0.3 is 20.1 Å². The number of carbonyl (C=O) groups is 3. The summed E-state index contributed by atoms with van der Waals surface area (Å²) in [5.41, 5.74) is 3.59. The molecule has 32 heavy (non-hydrogen) atoms.